The van der Waals surface area contributed by atoms with Gasteiger partial charge < -0.3 is 9.64 Å². The number of rotatable bonds is 1. The molecule has 0 amide bonds. The predicted octanol–water partition coefficient (Wildman–Crippen LogP) is 1.65. The molecule has 1 aliphatic rings. The molecule has 0 bridgehead atoms. The number of hydrogen-bond acceptors (Lipinski definition) is 4. The van der Waals surface area contributed by atoms with Crippen LogP contribution in [0, 0.1) is 6.92 Å². The molecule has 1 fully saturated rings. The topological polar surface area (TPSA) is 46.6 Å². The number of anilines is 1. The summed E-state index contributed by atoms with van der Waals surface area (Å²) in [5.41, 5.74) is 1.90. The van der Waals surface area contributed by atoms with Gasteiger partial charge >= 0.3 is 11.9 Å². The third kappa shape index (κ3) is 2.09. The van der Waals surface area contributed by atoms with E-state index in [0.29, 0.717) is 0 Å². The van der Waals surface area contributed by atoms with Gasteiger partial charge in [0.1, 0.15) is 13.1 Å². The Morgan fingerprint density at radius 1 is 1.25 bits per heavy atom. The molecule has 16 heavy (non-hydrogen) atoms. The minimum absolute atomic E-state index is 0.105. The highest BCUT2D eigenvalue weighted by atomic mass is 79.9. The van der Waals surface area contributed by atoms with Crippen LogP contribution in [0.5, 0.6) is 0 Å². The zero-order chi connectivity index (χ0) is 11.7. The van der Waals surface area contributed by atoms with E-state index in [-0.39, 0.29) is 13.1 Å². The number of hydrogen-bond donors (Lipinski definition) is 0. The standard InChI is InChI=1S/C11H10BrNO3/c1-7-3-2-4-8(11(7)12)13-5-9(14)16-10(15)6-13/h2-4H,5-6H2,1H3. The molecule has 0 N–H and O–H groups in total. The number of halogens is 1. The van der Waals surface area contributed by atoms with Crippen LogP contribution in [0.15, 0.2) is 22.7 Å². The molecule has 1 aliphatic heterocycles. The van der Waals surface area contributed by atoms with E-state index < -0.39 is 11.9 Å². The van der Waals surface area contributed by atoms with Crippen molar-refractivity contribution < 1.29 is 14.3 Å². The Balaban J connectivity index is 2.33. The molecule has 0 atom stereocenters. The predicted molar refractivity (Wildman–Crippen MR) is 62.2 cm³/mol. The van der Waals surface area contributed by atoms with Crippen LogP contribution in [0.2, 0.25) is 0 Å². The maximum absolute atomic E-state index is 11.2. The van der Waals surface area contributed by atoms with Crippen molar-refractivity contribution in [1.29, 1.82) is 0 Å². The molecule has 4 nitrogen and oxygen atoms in total. The first kappa shape index (κ1) is 11.1. The van der Waals surface area contributed by atoms with E-state index in [4.69, 9.17) is 0 Å². The summed E-state index contributed by atoms with van der Waals surface area (Å²) in [7, 11) is 0. The lowest BCUT2D eigenvalue weighted by atomic mass is 10.2. The first-order valence-electron chi connectivity index (χ1n) is 4.81. The van der Waals surface area contributed by atoms with Crippen molar-refractivity contribution in [3.63, 3.8) is 0 Å². The van der Waals surface area contributed by atoms with Gasteiger partial charge in [-0.05, 0) is 34.5 Å². The Hall–Kier alpha value is -1.36. The number of cyclic esters (lactones) is 2. The van der Waals surface area contributed by atoms with Gasteiger partial charge in [-0.1, -0.05) is 12.1 Å². The third-order valence-electron chi connectivity index (χ3n) is 2.38. The first-order valence-corrected chi connectivity index (χ1v) is 5.61. The van der Waals surface area contributed by atoms with E-state index in [0.717, 1.165) is 15.7 Å². The molecule has 0 saturated carbocycles. The van der Waals surface area contributed by atoms with Crippen molar-refractivity contribution in [3.8, 4) is 0 Å². The Bertz CT molecular complexity index is 443. The number of morpholine rings is 1. The van der Waals surface area contributed by atoms with Crippen molar-refractivity contribution in [1.82, 2.24) is 0 Å². The zero-order valence-electron chi connectivity index (χ0n) is 8.70. The Morgan fingerprint density at radius 3 is 2.50 bits per heavy atom. The summed E-state index contributed by atoms with van der Waals surface area (Å²) in [5.74, 6) is -1.02. The third-order valence-corrected chi connectivity index (χ3v) is 3.41. The maximum atomic E-state index is 11.2. The summed E-state index contributed by atoms with van der Waals surface area (Å²) < 4.78 is 5.37. The van der Waals surface area contributed by atoms with Gasteiger partial charge in [0.05, 0.1) is 5.69 Å². The van der Waals surface area contributed by atoms with Crippen molar-refractivity contribution in [2.45, 2.75) is 6.92 Å². The zero-order valence-corrected chi connectivity index (χ0v) is 10.3. The first-order chi connectivity index (χ1) is 7.58. The van der Waals surface area contributed by atoms with Gasteiger partial charge in [0.15, 0.2) is 0 Å². The van der Waals surface area contributed by atoms with Gasteiger partial charge in [0, 0.05) is 4.47 Å². The summed E-state index contributed by atoms with van der Waals surface area (Å²) in [5, 5.41) is 0. The number of esters is 2. The summed E-state index contributed by atoms with van der Waals surface area (Å²) in [6, 6.07) is 5.71. The van der Waals surface area contributed by atoms with E-state index in [9.17, 15) is 9.59 Å². The fourth-order valence-electron chi connectivity index (χ4n) is 1.61. The van der Waals surface area contributed by atoms with E-state index in [1.54, 1.807) is 4.90 Å². The summed E-state index contributed by atoms with van der Waals surface area (Å²) in [6.07, 6.45) is 0. The molecule has 1 aromatic rings. The fourth-order valence-corrected chi connectivity index (χ4v) is 2.12. The van der Waals surface area contributed by atoms with Crippen LogP contribution in [-0.2, 0) is 14.3 Å². The van der Waals surface area contributed by atoms with Crippen molar-refractivity contribution in [2.24, 2.45) is 0 Å². The highest BCUT2D eigenvalue weighted by molar-refractivity contribution is 9.10. The van der Waals surface area contributed by atoms with Crippen molar-refractivity contribution >= 4 is 33.6 Å². The molecule has 1 aromatic carbocycles. The van der Waals surface area contributed by atoms with Gasteiger partial charge in [0.2, 0.25) is 0 Å². The molecule has 0 aliphatic carbocycles. The monoisotopic (exact) mass is 283 g/mol. The van der Waals surface area contributed by atoms with Crippen LogP contribution in [0.4, 0.5) is 5.69 Å². The molecule has 0 radical (unpaired) electrons. The van der Waals surface area contributed by atoms with Crippen molar-refractivity contribution in [3.05, 3.63) is 28.2 Å². The number of ether oxygens (including phenoxy) is 1. The van der Waals surface area contributed by atoms with Crippen LogP contribution < -0.4 is 4.90 Å². The molecular weight excluding hydrogens is 274 g/mol. The normalized spacial score (nSPS) is 16.2. The molecule has 84 valence electrons. The number of benzene rings is 1. The van der Waals surface area contributed by atoms with Gasteiger partial charge in [-0.3, -0.25) is 0 Å². The van der Waals surface area contributed by atoms with Crippen LogP contribution in [0.3, 0.4) is 0 Å². The van der Waals surface area contributed by atoms with Gasteiger partial charge in [-0.2, -0.15) is 0 Å². The molecule has 1 heterocycles. The van der Waals surface area contributed by atoms with Crippen LogP contribution in [-0.4, -0.2) is 25.0 Å². The SMILES string of the molecule is Cc1cccc(N2CC(=O)OC(=O)C2)c1Br. The van der Waals surface area contributed by atoms with Crippen LogP contribution in [0.25, 0.3) is 0 Å². The minimum Gasteiger partial charge on any atom is -0.390 e. The number of carbonyl (C=O) groups excluding carboxylic acids is 2. The van der Waals surface area contributed by atoms with Crippen LogP contribution in [0.1, 0.15) is 5.56 Å². The van der Waals surface area contributed by atoms with Gasteiger partial charge in [-0.15, -0.1) is 0 Å². The maximum Gasteiger partial charge on any atom is 0.333 e. The van der Waals surface area contributed by atoms with E-state index in [1.165, 1.54) is 0 Å². The fraction of sp³-hybridized carbons (Fsp3) is 0.273. The average Bonchev–Trinajstić information content (AvgIpc) is 2.20. The van der Waals surface area contributed by atoms with Gasteiger partial charge in [-0.25, -0.2) is 9.59 Å². The van der Waals surface area contributed by atoms with E-state index in [1.807, 2.05) is 25.1 Å². The molecule has 2 rings (SSSR count). The summed E-state index contributed by atoms with van der Waals surface area (Å²) >= 11 is 3.45. The Kier molecular flexibility index (Phi) is 2.96. The average molecular weight is 284 g/mol. The second-order valence-corrected chi connectivity index (χ2v) is 4.40. The largest absolute Gasteiger partial charge is 0.390 e. The lowest BCUT2D eigenvalue weighted by molar-refractivity contribution is -0.160. The number of carbonyl (C=O) groups is 2. The molecule has 0 aromatic heterocycles. The molecule has 0 unspecified atom stereocenters. The second-order valence-electron chi connectivity index (χ2n) is 3.61. The van der Waals surface area contributed by atoms with Crippen LogP contribution >= 0.6 is 15.9 Å². The molecule has 5 heteroatoms. The quantitative estimate of drug-likeness (QED) is 0.581. The summed E-state index contributed by atoms with van der Waals surface area (Å²) in [4.78, 5) is 24.0. The Labute approximate surface area is 101 Å². The van der Waals surface area contributed by atoms with Crippen molar-refractivity contribution in [2.75, 3.05) is 18.0 Å². The molecular formula is C11H10BrNO3. The summed E-state index contributed by atoms with van der Waals surface area (Å²) in [6.45, 7) is 2.17. The van der Waals surface area contributed by atoms with Gasteiger partial charge in [0.25, 0.3) is 0 Å². The Morgan fingerprint density at radius 2 is 1.88 bits per heavy atom. The van der Waals surface area contributed by atoms with E-state index in [2.05, 4.69) is 20.7 Å². The minimum atomic E-state index is -0.510. The lowest BCUT2D eigenvalue weighted by Gasteiger charge is -2.27. The second kappa shape index (κ2) is 4.25. The molecule has 0 spiro atoms. The number of aryl methyl sites for hydroxylation is 1. The smallest absolute Gasteiger partial charge is 0.333 e. The van der Waals surface area contributed by atoms with E-state index >= 15 is 0 Å². The number of nitrogens with zero attached hydrogens (tertiary/aromatic N) is 1. The molecule has 1 saturated heterocycles. The highest BCUT2D eigenvalue weighted by Gasteiger charge is 2.26. The lowest BCUT2D eigenvalue weighted by Crippen LogP contribution is -2.43. The highest BCUT2D eigenvalue weighted by Crippen LogP contribution is 2.29.